The Bertz CT molecular complexity index is 927. The van der Waals surface area contributed by atoms with E-state index in [1.165, 1.54) is 26.4 Å². The van der Waals surface area contributed by atoms with Crippen LogP contribution in [0.15, 0.2) is 40.1 Å². The highest BCUT2D eigenvalue weighted by molar-refractivity contribution is 6.04. The van der Waals surface area contributed by atoms with Crippen LogP contribution in [0.1, 0.15) is 34.1 Å². The standard InChI is InChI=1S/C17H19N3O5/c1-4-8-25-16(23)11-6-5-7-12(9-11)18-14(21)13-10-19(2)17(24)20(3)15(13)22/h5-7,9-10H,4,8H2,1-3H3,(H,18,21). The lowest BCUT2D eigenvalue weighted by atomic mass is 10.2. The van der Waals surface area contributed by atoms with Crippen molar-refractivity contribution in [3.63, 3.8) is 0 Å². The second kappa shape index (κ2) is 7.61. The molecule has 0 spiro atoms. The average Bonchev–Trinajstić information content (AvgIpc) is 2.61. The lowest BCUT2D eigenvalue weighted by molar-refractivity contribution is 0.0505. The zero-order chi connectivity index (χ0) is 18.6. The first-order valence-corrected chi connectivity index (χ1v) is 7.70. The molecule has 0 unspecified atom stereocenters. The Morgan fingerprint density at radius 1 is 1.20 bits per heavy atom. The van der Waals surface area contributed by atoms with E-state index in [0.29, 0.717) is 24.3 Å². The van der Waals surface area contributed by atoms with Crippen molar-refractivity contribution >= 4 is 17.6 Å². The minimum Gasteiger partial charge on any atom is -0.462 e. The Hall–Kier alpha value is -3.16. The van der Waals surface area contributed by atoms with Gasteiger partial charge in [-0.05, 0) is 24.6 Å². The van der Waals surface area contributed by atoms with E-state index in [4.69, 9.17) is 4.74 Å². The van der Waals surface area contributed by atoms with Crippen molar-refractivity contribution in [1.82, 2.24) is 9.13 Å². The SMILES string of the molecule is CCCOC(=O)c1cccc(NC(=O)c2cn(C)c(=O)n(C)c2=O)c1. The fourth-order valence-corrected chi connectivity index (χ4v) is 2.16. The van der Waals surface area contributed by atoms with E-state index in [1.807, 2.05) is 6.92 Å². The highest BCUT2D eigenvalue weighted by Gasteiger charge is 2.15. The van der Waals surface area contributed by atoms with Gasteiger partial charge in [0.05, 0.1) is 12.2 Å². The Morgan fingerprint density at radius 2 is 1.92 bits per heavy atom. The third-order valence-electron chi connectivity index (χ3n) is 3.48. The van der Waals surface area contributed by atoms with Gasteiger partial charge in [0.1, 0.15) is 5.56 Å². The lowest BCUT2D eigenvalue weighted by Gasteiger charge is -2.09. The third kappa shape index (κ3) is 4.03. The van der Waals surface area contributed by atoms with E-state index in [-0.39, 0.29) is 5.56 Å². The molecule has 1 amide bonds. The summed E-state index contributed by atoms with van der Waals surface area (Å²) in [5.74, 6) is -1.16. The van der Waals surface area contributed by atoms with Crippen molar-refractivity contribution in [3.05, 3.63) is 62.4 Å². The quantitative estimate of drug-likeness (QED) is 0.812. The van der Waals surface area contributed by atoms with Gasteiger partial charge in [0.25, 0.3) is 11.5 Å². The largest absolute Gasteiger partial charge is 0.462 e. The van der Waals surface area contributed by atoms with Gasteiger partial charge in [-0.25, -0.2) is 9.59 Å². The molecule has 0 atom stereocenters. The molecule has 0 aliphatic carbocycles. The van der Waals surface area contributed by atoms with Crippen molar-refractivity contribution in [2.24, 2.45) is 14.1 Å². The number of esters is 1. The summed E-state index contributed by atoms with van der Waals surface area (Å²) in [6.07, 6.45) is 1.89. The molecule has 1 aromatic heterocycles. The molecule has 25 heavy (non-hydrogen) atoms. The summed E-state index contributed by atoms with van der Waals surface area (Å²) in [5.41, 5.74) is -0.767. The molecule has 2 rings (SSSR count). The van der Waals surface area contributed by atoms with E-state index in [9.17, 15) is 19.2 Å². The first kappa shape index (κ1) is 18.2. The van der Waals surface area contributed by atoms with Crippen LogP contribution in [0.3, 0.4) is 0 Å². The van der Waals surface area contributed by atoms with Crippen LogP contribution in [-0.2, 0) is 18.8 Å². The summed E-state index contributed by atoms with van der Waals surface area (Å²) >= 11 is 0. The predicted molar refractivity (Wildman–Crippen MR) is 91.9 cm³/mol. The number of hydrogen-bond donors (Lipinski definition) is 1. The van der Waals surface area contributed by atoms with Crippen molar-refractivity contribution in [2.45, 2.75) is 13.3 Å². The topological polar surface area (TPSA) is 99.4 Å². The maximum absolute atomic E-state index is 12.3. The lowest BCUT2D eigenvalue weighted by Crippen LogP contribution is -2.40. The fourth-order valence-electron chi connectivity index (χ4n) is 2.16. The van der Waals surface area contributed by atoms with Crippen LogP contribution in [0.4, 0.5) is 5.69 Å². The van der Waals surface area contributed by atoms with Crippen LogP contribution in [0, 0.1) is 0 Å². The van der Waals surface area contributed by atoms with Crippen LogP contribution >= 0.6 is 0 Å². The van der Waals surface area contributed by atoms with Crippen molar-refractivity contribution < 1.29 is 14.3 Å². The summed E-state index contributed by atoms with van der Waals surface area (Å²) < 4.78 is 7.04. The predicted octanol–water partition coefficient (Wildman–Crippen LogP) is 0.903. The molecule has 1 heterocycles. The van der Waals surface area contributed by atoms with Gasteiger partial charge >= 0.3 is 11.7 Å². The average molecular weight is 345 g/mol. The maximum atomic E-state index is 12.3. The maximum Gasteiger partial charge on any atom is 0.338 e. The van der Waals surface area contributed by atoms with Crippen molar-refractivity contribution in [2.75, 3.05) is 11.9 Å². The third-order valence-corrected chi connectivity index (χ3v) is 3.48. The normalized spacial score (nSPS) is 10.4. The van der Waals surface area contributed by atoms with Gasteiger partial charge in [0.2, 0.25) is 0 Å². The number of anilines is 1. The Morgan fingerprint density at radius 3 is 2.60 bits per heavy atom. The van der Waals surface area contributed by atoms with Crippen LogP contribution in [0.2, 0.25) is 0 Å². The molecule has 0 fully saturated rings. The Labute approximate surface area is 143 Å². The van der Waals surface area contributed by atoms with Crippen LogP contribution in [0.25, 0.3) is 0 Å². The van der Waals surface area contributed by atoms with E-state index >= 15 is 0 Å². The van der Waals surface area contributed by atoms with E-state index in [1.54, 1.807) is 18.2 Å². The summed E-state index contributed by atoms with van der Waals surface area (Å²) in [5, 5.41) is 2.55. The number of hydrogen-bond acceptors (Lipinski definition) is 5. The number of amides is 1. The minimum absolute atomic E-state index is 0.177. The number of carbonyl (C=O) groups excluding carboxylic acids is 2. The summed E-state index contributed by atoms with van der Waals surface area (Å²) in [7, 11) is 2.74. The highest BCUT2D eigenvalue weighted by Crippen LogP contribution is 2.12. The van der Waals surface area contributed by atoms with E-state index in [0.717, 1.165) is 9.13 Å². The van der Waals surface area contributed by atoms with Crippen LogP contribution < -0.4 is 16.6 Å². The Kier molecular flexibility index (Phi) is 5.53. The number of benzene rings is 1. The van der Waals surface area contributed by atoms with Gasteiger partial charge in [-0.3, -0.25) is 14.2 Å². The van der Waals surface area contributed by atoms with Gasteiger partial charge in [-0.2, -0.15) is 0 Å². The molecule has 132 valence electrons. The molecular formula is C17H19N3O5. The van der Waals surface area contributed by atoms with Crippen molar-refractivity contribution in [3.8, 4) is 0 Å². The fraction of sp³-hybridized carbons (Fsp3) is 0.294. The number of nitrogens with one attached hydrogen (secondary N) is 1. The number of ether oxygens (including phenoxy) is 1. The molecular weight excluding hydrogens is 326 g/mol. The molecule has 0 aliphatic heterocycles. The molecule has 0 saturated carbocycles. The number of rotatable bonds is 5. The molecule has 0 bridgehead atoms. The molecule has 1 aromatic carbocycles. The second-order valence-electron chi connectivity index (χ2n) is 5.47. The summed E-state index contributed by atoms with van der Waals surface area (Å²) in [6, 6.07) is 6.21. The number of aromatic nitrogens is 2. The molecule has 0 saturated heterocycles. The summed E-state index contributed by atoms with van der Waals surface area (Å²) in [6.45, 7) is 2.20. The first-order chi connectivity index (χ1) is 11.8. The Balaban J connectivity index is 2.26. The number of carbonyl (C=O) groups is 2. The van der Waals surface area contributed by atoms with Gasteiger partial charge in [-0.15, -0.1) is 0 Å². The van der Waals surface area contributed by atoms with Gasteiger partial charge in [-0.1, -0.05) is 13.0 Å². The van der Waals surface area contributed by atoms with E-state index < -0.39 is 23.1 Å². The van der Waals surface area contributed by atoms with Gasteiger partial charge < -0.3 is 14.6 Å². The first-order valence-electron chi connectivity index (χ1n) is 7.70. The number of nitrogens with zero attached hydrogens (tertiary/aromatic N) is 2. The van der Waals surface area contributed by atoms with Crippen LogP contribution in [-0.4, -0.2) is 27.6 Å². The minimum atomic E-state index is -0.695. The molecule has 2 aromatic rings. The summed E-state index contributed by atoms with van der Waals surface area (Å²) in [4.78, 5) is 48.0. The molecule has 1 N–H and O–H groups in total. The zero-order valence-electron chi connectivity index (χ0n) is 14.2. The van der Waals surface area contributed by atoms with Crippen LogP contribution in [0.5, 0.6) is 0 Å². The highest BCUT2D eigenvalue weighted by atomic mass is 16.5. The second-order valence-corrected chi connectivity index (χ2v) is 5.47. The zero-order valence-corrected chi connectivity index (χ0v) is 14.2. The molecule has 8 heteroatoms. The van der Waals surface area contributed by atoms with Gasteiger partial charge in [0.15, 0.2) is 0 Å². The smallest absolute Gasteiger partial charge is 0.338 e. The molecule has 8 nitrogen and oxygen atoms in total. The molecule has 0 aliphatic rings. The van der Waals surface area contributed by atoms with Crippen molar-refractivity contribution in [1.29, 1.82) is 0 Å². The van der Waals surface area contributed by atoms with E-state index in [2.05, 4.69) is 5.32 Å². The number of aryl methyl sites for hydroxylation is 1. The molecule has 0 radical (unpaired) electrons. The van der Waals surface area contributed by atoms with Gasteiger partial charge in [0, 0.05) is 26.0 Å². The monoisotopic (exact) mass is 345 g/mol.